The van der Waals surface area contributed by atoms with E-state index in [4.69, 9.17) is 5.73 Å². The van der Waals surface area contributed by atoms with Crippen LogP contribution in [0.5, 0.6) is 0 Å². The fourth-order valence-corrected chi connectivity index (χ4v) is 0.341. The Morgan fingerprint density at radius 2 is 2.20 bits per heavy atom. The van der Waals surface area contributed by atoms with Crippen LogP contribution in [0.15, 0.2) is 0 Å². The van der Waals surface area contributed by atoms with Crippen LogP contribution in [0, 0.1) is 0 Å². The zero-order chi connectivity index (χ0) is 8.20. The molecular weight excluding hydrogens is 142 g/mol. The molecule has 0 fully saturated rings. The van der Waals surface area contributed by atoms with Crippen molar-refractivity contribution in [3.8, 4) is 0 Å². The first-order chi connectivity index (χ1) is 4.48. The quantitative estimate of drug-likeness (QED) is 0.584. The zero-order valence-electron chi connectivity index (χ0n) is 5.66. The van der Waals surface area contributed by atoms with Gasteiger partial charge in [-0.05, 0) is 0 Å². The maximum absolute atomic E-state index is 12.0. The minimum Gasteiger partial charge on any atom is -0.350 e. The standard InChI is InChI=1S/C5H10F2N2O/c1-5(6,7)4(10)9-3-2-8/h2-3,8H2,1H3,(H,9,10). The summed E-state index contributed by atoms with van der Waals surface area (Å²) in [5.41, 5.74) is 4.96. The summed E-state index contributed by atoms with van der Waals surface area (Å²) < 4.78 is 24.0. The van der Waals surface area contributed by atoms with E-state index in [1.807, 2.05) is 5.32 Å². The molecule has 0 rings (SSSR count). The third-order valence-electron chi connectivity index (χ3n) is 0.829. The predicted molar refractivity (Wildman–Crippen MR) is 32.7 cm³/mol. The molecule has 0 atom stereocenters. The van der Waals surface area contributed by atoms with E-state index < -0.39 is 11.8 Å². The summed E-state index contributed by atoms with van der Waals surface area (Å²) in [4.78, 5) is 10.3. The lowest BCUT2D eigenvalue weighted by Gasteiger charge is -2.08. The van der Waals surface area contributed by atoms with Crippen LogP contribution in [0.2, 0.25) is 0 Å². The lowest BCUT2D eigenvalue weighted by Crippen LogP contribution is -2.40. The Labute approximate surface area is 57.6 Å². The summed E-state index contributed by atoms with van der Waals surface area (Å²) in [5.74, 6) is -4.58. The van der Waals surface area contributed by atoms with Gasteiger partial charge in [-0.15, -0.1) is 0 Å². The lowest BCUT2D eigenvalue weighted by atomic mass is 10.3. The molecule has 0 radical (unpaired) electrons. The molecule has 0 heterocycles. The van der Waals surface area contributed by atoms with Crippen molar-refractivity contribution in [3.05, 3.63) is 0 Å². The van der Waals surface area contributed by atoms with Crippen LogP contribution in [0.25, 0.3) is 0 Å². The molecule has 0 aliphatic heterocycles. The first kappa shape index (κ1) is 9.29. The highest BCUT2D eigenvalue weighted by atomic mass is 19.3. The molecule has 0 spiro atoms. The van der Waals surface area contributed by atoms with Crippen molar-refractivity contribution in [2.45, 2.75) is 12.8 Å². The van der Waals surface area contributed by atoms with E-state index in [1.54, 1.807) is 0 Å². The molecule has 0 unspecified atom stereocenters. The Balaban J connectivity index is 3.64. The Morgan fingerprint density at radius 1 is 1.70 bits per heavy atom. The molecule has 0 aromatic heterocycles. The third-order valence-corrected chi connectivity index (χ3v) is 0.829. The van der Waals surface area contributed by atoms with Crippen LogP contribution in [-0.2, 0) is 4.79 Å². The summed E-state index contributed by atoms with van der Waals surface area (Å²) in [6.07, 6.45) is 0. The first-order valence-corrected chi connectivity index (χ1v) is 2.84. The van der Waals surface area contributed by atoms with Gasteiger partial charge in [0.15, 0.2) is 0 Å². The number of hydrogen-bond donors (Lipinski definition) is 2. The van der Waals surface area contributed by atoms with E-state index >= 15 is 0 Å². The summed E-state index contributed by atoms with van der Waals surface area (Å²) in [6, 6.07) is 0. The summed E-state index contributed by atoms with van der Waals surface area (Å²) in [5, 5.41) is 1.96. The van der Waals surface area contributed by atoms with Crippen molar-refractivity contribution >= 4 is 5.91 Å². The van der Waals surface area contributed by atoms with Crippen molar-refractivity contribution in [3.63, 3.8) is 0 Å². The van der Waals surface area contributed by atoms with Crippen molar-refractivity contribution in [1.29, 1.82) is 0 Å². The van der Waals surface area contributed by atoms with Gasteiger partial charge in [-0.25, -0.2) is 0 Å². The molecule has 0 saturated heterocycles. The number of rotatable bonds is 3. The second-order valence-corrected chi connectivity index (χ2v) is 1.93. The van der Waals surface area contributed by atoms with Crippen LogP contribution in [0.4, 0.5) is 8.78 Å². The van der Waals surface area contributed by atoms with Crippen molar-refractivity contribution in [2.75, 3.05) is 13.1 Å². The average Bonchev–Trinajstić information content (AvgIpc) is 1.80. The van der Waals surface area contributed by atoms with Gasteiger partial charge in [0.2, 0.25) is 0 Å². The van der Waals surface area contributed by atoms with Gasteiger partial charge in [0, 0.05) is 20.0 Å². The molecule has 60 valence electrons. The molecule has 0 aliphatic carbocycles. The minimum atomic E-state index is -3.30. The maximum Gasteiger partial charge on any atom is 0.321 e. The lowest BCUT2D eigenvalue weighted by molar-refractivity contribution is -0.142. The largest absolute Gasteiger partial charge is 0.350 e. The monoisotopic (exact) mass is 152 g/mol. The number of amides is 1. The van der Waals surface area contributed by atoms with Gasteiger partial charge in [0.25, 0.3) is 5.91 Å². The first-order valence-electron chi connectivity index (χ1n) is 2.84. The molecule has 3 nitrogen and oxygen atoms in total. The van der Waals surface area contributed by atoms with Gasteiger partial charge < -0.3 is 11.1 Å². The molecule has 0 saturated carbocycles. The van der Waals surface area contributed by atoms with Crippen LogP contribution in [0.3, 0.4) is 0 Å². The van der Waals surface area contributed by atoms with Crippen LogP contribution >= 0.6 is 0 Å². The molecule has 1 amide bonds. The molecule has 0 aromatic carbocycles. The fourth-order valence-electron chi connectivity index (χ4n) is 0.341. The zero-order valence-corrected chi connectivity index (χ0v) is 5.66. The fraction of sp³-hybridized carbons (Fsp3) is 0.800. The molecular formula is C5H10F2N2O. The van der Waals surface area contributed by atoms with Crippen molar-refractivity contribution < 1.29 is 13.6 Å². The normalized spacial score (nSPS) is 11.2. The topological polar surface area (TPSA) is 55.1 Å². The summed E-state index contributed by atoms with van der Waals surface area (Å²) in [6.45, 7) is 0.795. The van der Waals surface area contributed by atoms with Crippen LogP contribution in [-0.4, -0.2) is 24.9 Å². The third kappa shape index (κ3) is 3.34. The predicted octanol–water partition coefficient (Wildman–Crippen LogP) is -0.283. The van der Waals surface area contributed by atoms with Crippen molar-refractivity contribution in [1.82, 2.24) is 5.32 Å². The van der Waals surface area contributed by atoms with Gasteiger partial charge in [-0.3, -0.25) is 4.79 Å². The highest BCUT2D eigenvalue weighted by molar-refractivity contribution is 5.82. The molecule has 10 heavy (non-hydrogen) atoms. The van der Waals surface area contributed by atoms with Crippen LogP contribution in [0.1, 0.15) is 6.92 Å². The van der Waals surface area contributed by atoms with E-state index in [0.717, 1.165) is 0 Å². The van der Waals surface area contributed by atoms with Crippen LogP contribution < -0.4 is 11.1 Å². The van der Waals surface area contributed by atoms with Gasteiger partial charge in [0.1, 0.15) is 0 Å². The van der Waals surface area contributed by atoms with E-state index in [0.29, 0.717) is 6.92 Å². The Morgan fingerprint density at radius 3 is 2.50 bits per heavy atom. The van der Waals surface area contributed by atoms with Crippen molar-refractivity contribution in [2.24, 2.45) is 5.73 Å². The molecule has 3 N–H and O–H groups in total. The summed E-state index contributed by atoms with van der Waals surface area (Å²) in [7, 11) is 0. The van der Waals surface area contributed by atoms with Gasteiger partial charge in [-0.1, -0.05) is 0 Å². The number of nitrogens with one attached hydrogen (secondary N) is 1. The maximum atomic E-state index is 12.0. The average molecular weight is 152 g/mol. The Bertz CT molecular complexity index is 121. The van der Waals surface area contributed by atoms with E-state index in [2.05, 4.69) is 0 Å². The second-order valence-electron chi connectivity index (χ2n) is 1.93. The number of alkyl halides is 2. The Hall–Kier alpha value is -0.710. The van der Waals surface area contributed by atoms with E-state index in [9.17, 15) is 13.6 Å². The number of carbonyl (C=O) groups excluding carboxylic acids is 1. The van der Waals surface area contributed by atoms with E-state index in [-0.39, 0.29) is 13.1 Å². The minimum absolute atomic E-state index is 0.0856. The molecule has 5 heteroatoms. The molecule has 0 aliphatic rings. The van der Waals surface area contributed by atoms with Gasteiger partial charge in [0.05, 0.1) is 0 Å². The smallest absolute Gasteiger partial charge is 0.321 e. The number of halogens is 2. The molecule has 0 aromatic rings. The number of hydrogen-bond acceptors (Lipinski definition) is 2. The summed E-state index contributed by atoms with van der Waals surface area (Å²) >= 11 is 0. The Kier molecular flexibility index (Phi) is 3.21. The highest BCUT2D eigenvalue weighted by Crippen LogP contribution is 2.10. The second kappa shape index (κ2) is 3.46. The SMILES string of the molecule is CC(F)(F)C(=O)NCCN. The van der Waals surface area contributed by atoms with Gasteiger partial charge in [-0.2, -0.15) is 8.78 Å². The number of nitrogens with two attached hydrogens (primary N) is 1. The van der Waals surface area contributed by atoms with Gasteiger partial charge >= 0.3 is 5.92 Å². The van der Waals surface area contributed by atoms with E-state index in [1.165, 1.54) is 0 Å². The number of carbonyl (C=O) groups is 1. The highest BCUT2D eigenvalue weighted by Gasteiger charge is 2.31. The molecule has 0 bridgehead atoms.